The molecule has 0 amide bonds. The van der Waals surface area contributed by atoms with Gasteiger partial charge in [0.2, 0.25) is 10.0 Å². The maximum absolute atomic E-state index is 12.3. The molecule has 2 aromatic carbocycles. The van der Waals surface area contributed by atoms with E-state index in [0.717, 1.165) is 33.9 Å². The highest BCUT2D eigenvalue weighted by atomic mass is 35.5. The van der Waals surface area contributed by atoms with Gasteiger partial charge in [-0.25, -0.2) is 13.4 Å². The summed E-state index contributed by atoms with van der Waals surface area (Å²) in [6.07, 6.45) is 0. The van der Waals surface area contributed by atoms with Crippen molar-refractivity contribution in [2.24, 2.45) is 0 Å². The fraction of sp³-hybridized carbons (Fsp3) is 0.280. The molecule has 0 bridgehead atoms. The van der Waals surface area contributed by atoms with Crippen LogP contribution in [0.3, 0.4) is 0 Å². The van der Waals surface area contributed by atoms with E-state index in [0.29, 0.717) is 41.9 Å². The summed E-state index contributed by atoms with van der Waals surface area (Å²) in [5, 5.41) is 6.25. The number of aromatic nitrogens is 3. The minimum Gasteiger partial charge on any atom is -0.354 e. The summed E-state index contributed by atoms with van der Waals surface area (Å²) in [6, 6.07) is 17.2. The molecule has 5 rings (SSSR count). The molecular formula is C25H25Cl2N5O2S. The lowest BCUT2D eigenvalue weighted by atomic mass is 10.0. The van der Waals surface area contributed by atoms with E-state index in [9.17, 15) is 8.42 Å². The molecule has 3 heterocycles. The molecule has 182 valence electrons. The van der Waals surface area contributed by atoms with Crippen molar-refractivity contribution in [3.63, 3.8) is 0 Å². The zero-order valence-corrected chi connectivity index (χ0v) is 21.8. The van der Waals surface area contributed by atoms with E-state index in [1.54, 1.807) is 11.2 Å². The van der Waals surface area contributed by atoms with Gasteiger partial charge in [0.15, 0.2) is 5.65 Å². The van der Waals surface area contributed by atoms with Crippen LogP contribution in [-0.2, 0) is 10.0 Å². The van der Waals surface area contributed by atoms with E-state index < -0.39 is 10.0 Å². The van der Waals surface area contributed by atoms with Gasteiger partial charge < -0.3 is 4.90 Å². The Kier molecular flexibility index (Phi) is 6.48. The van der Waals surface area contributed by atoms with Crippen LogP contribution in [0.2, 0.25) is 10.0 Å². The van der Waals surface area contributed by atoms with Crippen LogP contribution in [0, 0.1) is 6.92 Å². The van der Waals surface area contributed by atoms with Gasteiger partial charge >= 0.3 is 0 Å². The Morgan fingerprint density at radius 1 is 0.971 bits per heavy atom. The first-order valence-electron chi connectivity index (χ1n) is 11.4. The van der Waals surface area contributed by atoms with Crippen LogP contribution in [0.15, 0.2) is 54.6 Å². The molecule has 4 aromatic rings. The number of sulfonamides is 1. The third kappa shape index (κ3) is 4.51. The first kappa shape index (κ1) is 24.1. The molecule has 1 fully saturated rings. The molecule has 0 N–H and O–H groups in total. The maximum Gasteiger partial charge on any atom is 0.213 e. The number of anilines is 1. The highest BCUT2D eigenvalue weighted by molar-refractivity contribution is 7.89. The standard InChI is InChI=1S/C25H25Cl2N5O2S/c1-3-35(33,34)31-14-12-30(13-15-31)22-16-17(2)28-25-23(18-8-10-19(26)11-9-18)24(29-32(22)25)20-6-4-5-7-21(20)27/h4-11,16H,3,12-15H2,1-2H3. The van der Waals surface area contributed by atoms with Gasteiger partial charge in [-0.2, -0.15) is 13.9 Å². The second-order valence-corrected chi connectivity index (χ2v) is 11.6. The highest BCUT2D eigenvalue weighted by Gasteiger charge is 2.28. The van der Waals surface area contributed by atoms with Gasteiger partial charge in [0.25, 0.3) is 0 Å². The van der Waals surface area contributed by atoms with E-state index in [-0.39, 0.29) is 5.75 Å². The van der Waals surface area contributed by atoms with Crippen LogP contribution in [0.25, 0.3) is 28.0 Å². The smallest absolute Gasteiger partial charge is 0.213 e. The van der Waals surface area contributed by atoms with Crippen molar-refractivity contribution >= 4 is 44.7 Å². The molecule has 10 heteroatoms. The molecule has 0 aliphatic carbocycles. The Balaban J connectivity index is 1.67. The fourth-order valence-corrected chi connectivity index (χ4v) is 5.88. The molecule has 0 unspecified atom stereocenters. The van der Waals surface area contributed by atoms with E-state index >= 15 is 0 Å². The Hall–Kier alpha value is -2.65. The quantitative estimate of drug-likeness (QED) is 0.357. The summed E-state index contributed by atoms with van der Waals surface area (Å²) in [7, 11) is -3.21. The number of piperazine rings is 1. The summed E-state index contributed by atoms with van der Waals surface area (Å²) < 4.78 is 28.1. The number of nitrogens with zero attached hydrogens (tertiary/aromatic N) is 5. The third-order valence-electron chi connectivity index (χ3n) is 6.28. The molecule has 2 aromatic heterocycles. The van der Waals surface area contributed by atoms with Gasteiger partial charge in [0.1, 0.15) is 11.5 Å². The predicted octanol–water partition coefficient (Wildman–Crippen LogP) is 5.15. The number of halogens is 2. The highest BCUT2D eigenvalue weighted by Crippen LogP contribution is 2.39. The summed E-state index contributed by atoms with van der Waals surface area (Å²) in [5.74, 6) is 0.978. The number of rotatable bonds is 5. The summed E-state index contributed by atoms with van der Waals surface area (Å²) in [5.41, 5.74) is 4.89. The Labute approximate surface area is 215 Å². The van der Waals surface area contributed by atoms with Gasteiger partial charge in [0.05, 0.1) is 16.3 Å². The van der Waals surface area contributed by atoms with E-state index in [1.165, 1.54) is 0 Å². The van der Waals surface area contributed by atoms with Crippen LogP contribution in [0.5, 0.6) is 0 Å². The predicted molar refractivity (Wildman–Crippen MR) is 142 cm³/mol. The van der Waals surface area contributed by atoms with Crippen molar-refractivity contribution in [2.75, 3.05) is 36.8 Å². The summed E-state index contributed by atoms with van der Waals surface area (Å²) in [4.78, 5) is 7.03. The van der Waals surface area contributed by atoms with Crippen LogP contribution < -0.4 is 4.90 Å². The Morgan fingerprint density at radius 2 is 1.66 bits per heavy atom. The number of benzene rings is 2. The lowest BCUT2D eigenvalue weighted by Crippen LogP contribution is -2.49. The monoisotopic (exact) mass is 529 g/mol. The largest absolute Gasteiger partial charge is 0.354 e. The third-order valence-corrected chi connectivity index (χ3v) is 8.74. The molecule has 0 radical (unpaired) electrons. The minimum absolute atomic E-state index is 0.108. The van der Waals surface area contributed by atoms with Crippen LogP contribution >= 0.6 is 23.2 Å². The van der Waals surface area contributed by atoms with Crippen LogP contribution in [-0.4, -0.2) is 59.3 Å². The summed E-state index contributed by atoms with van der Waals surface area (Å²) >= 11 is 12.8. The Bertz CT molecular complexity index is 1490. The van der Waals surface area contributed by atoms with E-state index in [4.69, 9.17) is 33.3 Å². The van der Waals surface area contributed by atoms with Gasteiger partial charge in [0, 0.05) is 48.5 Å². The van der Waals surface area contributed by atoms with Gasteiger partial charge in [-0.1, -0.05) is 53.5 Å². The summed E-state index contributed by atoms with van der Waals surface area (Å²) in [6.45, 7) is 5.62. The van der Waals surface area contributed by atoms with E-state index in [2.05, 4.69) is 4.90 Å². The SMILES string of the molecule is CCS(=O)(=O)N1CCN(c2cc(C)nc3c(-c4ccc(Cl)cc4)c(-c4ccccc4Cl)nn23)CC1. The average molecular weight is 530 g/mol. The van der Waals surface area contributed by atoms with Crippen molar-refractivity contribution in [1.29, 1.82) is 0 Å². The zero-order valence-electron chi connectivity index (χ0n) is 19.4. The van der Waals surface area contributed by atoms with Gasteiger partial charge in [-0.15, -0.1) is 0 Å². The van der Waals surface area contributed by atoms with E-state index in [1.807, 2.05) is 66.0 Å². The average Bonchev–Trinajstić information content (AvgIpc) is 3.23. The lowest BCUT2D eigenvalue weighted by molar-refractivity contribution is 0.383. The first-order valence-corrected chi connectivity index (χ1v) is 13.8. The van der Waals surface area contributed by atoms with Crippen LogP contribution in [0.4, 0.5) is 5.82 Å². The molecule has 7 nitrogen and oxygen atoms in total. The normalized spacial score (nSPS) is 15.1. The second-order valence-electron chi connectivity index (χ2n) is 8.49. The molecule has 1 aliphatic heterocycles. The maximum atomic E-state index is 12.3. The first-order chi connectivity index (χ1) is 16.8. The minimum atomic E-state index is -3.21. The van der Waals surface area contributed by atoms with Crippen molar-refractivity contribution in [3.8, 4) is 22.4 Å². The molecule has 0 spiro atoms. The molecule has 0 saturated carbocycles. The van der Waals surface area contributed by atoms with Crippen LogP contribution in [0.1, 0.15) is 12.6 Å². The topological polar surface area (TPSA) is 70.8 Å². The molecular weight excluding hydrogens is 505 g/mol. The van der Waals surface area contributed by atoms with Crippen molar-refractivity contribution in [3.05, 3.63) is 70.3 Å². The van der Waals surface area contributed by atoms with Crippen molar-refractivity contribution in [2.45, 2.75) is 13.8 Å². The number of aryl methyl sites for hydroxylation is 1. The molecule has 1 aliphatic rings. The molecule has 35 heavy (non-hydrogen) atoms. The fourth-order valence-electron chi connectivity index (χ4n) is 4.45. The number of fused-ring (bicyclic) bond motifs is 1. The number of hydrogen-bond donors (Lipinski definition) is 0. The van der Waals surface area contributed by atoms with Gasteiger partial charge in [-0.05, 0) is 37.6 Å². The second kappa shape index (κ2) is 9.43. The van der Waals surface area contributed by atoms with Crippen molar-refractivity contribution in [1.82, 2.24) is 18.9 Å². The molecule has 0 atom stereocenters. The number of hydrogen-bond acceptors (Lipinski definition) is 5. The zero-order chi connectivity index (χ0) is 24.7. The lowest BCUT2D eigenvalue weighted by Gasteiger charge is -2.35. The van der Waals surface area contributed by atoms with Gasteiger partial charge in [-0.3, -0.25) is 0 Å². The Morgan fingerprint density at radius 3 is 2.31 bits per heavy atom. The molecule has 1 saturated heterocycles. The van der Waals surface area contributed by atoms with Crippen molar-refractivity contribution < 1.29 is 8.42 Å².